The number of nitrogens with zero attached hydrogens (tertiary/aromatic N) is 9. The van der Waals surface area contributed by atoms with E-state index in [9.17, 15) is 28.8 Å². The number of halogens is 2. The second kappa shape index (κ2) is 59.8. The lowest BCUT2D eigenvalue weighted by molar-refractivity contribution is 0.0515. The van der Waals surface area contributed by atoms with Crippen LogP contribution in [0.15, 0.2) is 72.8 Å². The number of methoxy groups -OCH3 is 1. The summed E-state index contributed by atoms with van der Waals surface area (Å²) in [6.07, 6.45) is 21.0. The highest BCUT2D eigenvalue weighted by Gasteiger charge is 2.20. The first kappa shape index (κ1) is 102. The van der Waals surface area contributed by atoms with E-state index >= 15 is 0 Å². The third-order valence-corrected chi connectivity index (χ3v) is 16.8. The standard InChI is InChI=1S/C29H45ClN6O4.C27H41N5O5.C26H39N5O5.C3H8ClN/c1-5-39-27-35-24(21-22-13-15-23(16-14-22)25(37)31-20-12-17-30)34-26(36-27)32-18-10-8-6-7-9-11-19-33-28(38)40-29(2,3)4;1-6-36-25-31-22(19-20-13-15-21(16-14-20)23(33)35-5)30-24(32-25)28-17-11-9-7-8-10-12-18-29-26(34)37-27(2,3)4;1-5-35-24-30-21(18-19-12-14-20(15-13-19)22(32)33)29-23(31-24)27-16-10-8-6-7-9-11-17-28-25(34)36-26(2,3)4;4-2-1-3-5/h13-16H,5-12,17-21H2,1-4H3,(H,31,37)(H,33,38)(H,32,34,35,36);13-16H,6-12,17-19H2,1-5H3,(H,29,34)(H,28,30,31,32);12-15H,5-11,16-18H2,1-4H3,(H,28,34)(H,32,33)(H,27,29,30,31);1-3,5H2. The molecule has 10 N–H and O–H groups in total. The number of amides is 4. The Morgan fingerprint density at radius 3 is 0.907 bits per heavy atom. The van der Waals surface area contributed by atoms with E-state index in [1.807, 2.05) is 107 Å². The molecule has 0 aliphatic heterocycles. The number of carbonyl (C=O) groups excluding carboxylic acids is 5. The van der Waals surface area contributed by atoms with Crippen molar-refractivity contribution in [3.63, 3.8) is 0 Å². The van der Waals surface area contributed by atoms with Gasteiger partial charge in [-0.2, -0.15) is 44.9 Å². The molecule has 0 aliphatic carbocycles. The van der Waals surface area contributed by atoms with Crippen molar-refractivity contribution in [2.45, 2.75) is 248 Å². The molecule has 4 amide bonds. The van der Waals surface area contributed by atoms with Crippen molar-refractivity contribution >= 4 is 77.2 Å². The second-order valence-corrected chi connectivity index (χ2v) is 31.1. The topological polar surface area (TPSA) is 413 Å². The van der Waals surface area contributed by atoms with Crippen LogP contribution in [0.1, 0.15) is 277 Å². The molecule has 118 heavy (non-hydrogen) atoms. The predicted octanol–water partition coefficient (Wildman–Crippen LogP) is 15.8. The van der Waals surface area contributed by atoms with Crippen molar-refractivity contribution in [1.82, 2.24) is 66.1 Å². The molecule has 0 spiro atoms. The Labute approximate surface area is 708 Å². The summed E-state index contributed by atoms with van der Waals surface area (Å²) < 4.78 is 37.0. The van der Waals surface area contributed by atoms with Crippen LogP contribution in [0, 0.1) is 0 Å². The number of carboxylic acid groups (broad SMARTS) is 1. The predicted molar refractivity (Wildman–Crippen MR) is 462 cm³/mol. The van der Waals surface area contributed by atoms with Crippen LogP contribution in [-0.2, 0) is 38.2 Å². The van der Waals surface area contributed by atoms with Crippen LogP contribution >= 0.6 is 23.2 Å². The molecule has 0 bridgehead atoms. The molecule has 3 aromatic carbocycles. The van der Waals surface area contributed by atoms with Gasteiger partial charge in [-0.25, -0.2) is 24.0 Å². The number of esters is 1. The number of unbranched alkanes of at least 4 members (excludes halogenated alkanes) is 15. The number of nitrogens with two attached hydrogens (primary N) is 1. The summed E-state index contributed by atoms with van der Waals surface area (Å²) in [6.45, 7) is 29.1. The Hall–Kier alpha value is -9.75. The van der Waals surface area contributed by atoms with Crippen molar-refractivity contribution in [3.05, 3.63) is 124 Å². The Balaban J connectivity index is 0.000000444. The quantitative estimate of drug-likeness (QED) is 0.00741. The van der Waals surface area contributed by atoms with Gasteiger partial charge in [-0.15, -0.1) is 23.2 Å². The normalized spacial score (nSPS) is 11.0. The van der Waals surface area contributed by atoms with E-state index in [0.29, 0.717) is 142 Å². The first-order chi connectivity index (χ1) is 56.5. The molecule has 3 aromatic heterocycles. The number of benzene rings is 3. The largest absolute Gasteiger partial charge is 0.478 e. The molecule has 3 heterocycles. The number of carbonyl (C=O) groups is 6. The molecule has 6 aromatic rings. The van der Waals surface area contributed by atoms with E-state index in [1.54, 1.807) is 48.5 Å². The van der Waals surface area contributed by atoms with Crippen LogP contribution in [0.5, 0.6) is 18.0 Å². The van der Waals surface area contributed by atoms with Crippen molar-refractivity contribution in [3.8, 4) is 18.0 Å². The first-order valence-electron chi connectivity index (χ1n) is 41.4. The summed E-state index contributed by atoms with van der Waals surface area (Å²) in [5, 5.41) is 30.1. The third-order valence-electron chi connectivity index (χ3n) is 16.3. The van der Waals surface area contributed by atoms with Crippen molar-refractivity contribution in [2.24, 2.45) is 5.73 Å². The van der Waals surface area contributed by atoms with Gasteiger partial charge in [-0.1, -0.05) is 113 Å². The molecule has 0 fully saturated rings. The fourth-order valence-corrected chi connectivity index (χ4v) is 10.9. The molecule has 0 atom stereocenters. The first-order valence-corrected chi connectivity index (χ1v) is 42.5. The molecular weight excluding hydrogens is 1550 g/mol. The number of hydrogen-bond acceptors (Lipinski definition) is 26. The van der Waals surface area contributed by atoms with Gasteiger partial charge in [-0.05, 0) is 194 Å². The summed E-state index contributed by atoms with van der Waals surface area (Å²) in [5.74, 6) is 2.97. The number of ether oxygens (including phenoxy) is 7. The summed E-state index contributed by atoms with van der Waals surface area (Å²) in [5.41, 5.74) is 7.84. The van der Waals surface area contributed by atoms with Crippen LogP contribution in [0.2, 0.25) is 0 Å². The highest BCUT2D eigenvalue weighted by Crippen LogP contribution is 2.20. The number of hydrogen-bond donors (Lipinski definition) is 9. The molecule has 31 nitrogen and oxygen atoms in total. The second-order valence-electron chi connectivity index (χ2n) is 30.4. The summed E-state index contributed by atoms with van der Waals surface area (Å²) in [6, 6.07) is 22.1. The number of alkyl carbamates (subject to hydrolysis) is 3. The lowest BCUT2D eigenvalue weighted by atomic mass is 10.1. The van der Waals surface area contributed by atoms with Gasteiger partial charge in [0.2, 0.25) is 17.8 Å². The monoisotopic (exact) mass is 1690 g/mol. The molecule has 0 radical (unpaired) electrons. The lowest BCUT2D eigenvalue weighted by Gasteiger charge is -2.19. The Morgan fingerprint density at radius 1 is 0.364 bits per heavy atom. The SMILES string of the molecule is CCOc1nc(Cc2ccc(C(=O)NCCCCl)cc2)nc(NCCCCCCCCNC(=O)OC(C)(C)C)n1.CCOc1nc(Cc2ccc(C(=O)O)cc2)nc(NCCCCCCCCNC(=O)OC(C)(C)C)n1.CCOc1nc(Cc2ccc(C(=O)OC)cc2)nc(NCCCCCCCCNC(=O)OC(C)(C)C)n1.NCCCCl. The zero-order chi connectivity index (χ0) is 86.8. The van der Waals surface area contributed by atoms with Crippen molar-refractivity contribution in [1.29, 1.82) is 0 Å². The molecule has 33 heteroatoms. The zero-order valence-electron chi connectivity index (χ0n) is 72.0. The van der Waals surface area contributed by atoms with Gasteiger partial charge in [0.05, 0.1) is 38.1 Å². The number of anilines is 3. The highest BCUT2D eigenvalue weighted by molar-refractivity contribution is 6.18. The molecule has 0 saturated carbocycles. The molecule has 6 rings (SSSR count). The number of alkyl halides is 2. The van der Waals surface area contributed by atoms with Gasteiger partial charge in [0, 0.05) is 82.4 Å². The van der Waals surface area contributed by atoms with E-state index < -0.39 is 22.8 Å². The van der Waals surface area contributed by atoms with E-state index in [1.165, 1.54) is 7.11 Å². The Morgan fingerprint density at radius 2 is 0.644 bits per heavy atom. The molecule has 0 aliphatic rings. The van der Waals surface area contributed by atoms with Gasteiger partial charge in [0.15, 0.2) is 0 Å². The van der Waals surface area contributed by atoms with Crippen LogP contribution in [0.25, 0.3) is 0 Å². The van der Waals surface area contributed by atoms with E-state index in [0.717, 1.165) is 165 Å². The molecule has 0 saturated heterocycles. The third kappa shape index (κ3) is 50.8. The minimum Gasteiger partial charge on any atom is -0.478 e. The number of aromatic carboxylic acids is 1. The van der Waals surface area contributed by atoms with Gasteiger partial charge >= 0.3 is 48.2 Å². The van der Waals surface area contributed by atoms with Crippen molar-refractivity contribution in [2.75, 3.05) is 107 Å². The maximum atomic E-state index is 12.2. The summed E-state index contributed by atoms with van der Waals surface area (Å²) >= 11 is 10.9. The van der Waals surface area contributed by atoms with E-state index in [2.05, 4.69) is 82.1 Å². The smallest absolute Gasteiger partial charge is 0.407 e. The number of nitrogens with one attached hydrogen (secondary N) is 7. The van der Waals surface area contributed by atoms with E-state index in [4.69, 9.17) is 67.2 Å². The van der Waals surface area contributed by atoms with Gasteiger partial charge in [0.1, 0.15) is 34.3 Å². The zero-order valence-corrected chi connectivity index (χ0v) is 73.5. The minimum absolute atomic E-state index is 0.114. The number of rotatable bonds is 50. The molecule has 0 unspecified atom stereocenters. The lowest BCUT2D eigenvalue weighted by Crippen LogP contribution is -2.33. The fraction of sp³-hybridized carbons (Fsp3) is 0.612. The average Bonchev–Trinajstić information content (AvgIpc) is 0.856. The minimum atomic E-state index is -0.956. The average molecular weight is 1690 g/mol. The fourth-order valence-electron chi connectivity index (χ4n) is 10.6. The van der Waals surface area contributed by atoms with E-state index in [-0.39, 0.29) is 41.7 Å². The van der Waals surface area contributed by atoms with Gasteiger partial charge in [-0.3, -0.25) is 4.79 Å². The van der Waals surface area contributed by atoms with Crippen molar-refractivity contribution < 1.29 is 67.0 Å². The van der Waals surface area contributed by atoms with Crippen LogP contribution in [-0.4, -0.2) is 194 Å². The summed E-state index contributed by atoms with van der Waals surface area (Å²) in [7, 11) is 1.36. The number of aromatic nitrogens is 9. The molecule has 656 valence electrons. The van der Waals surface area contributed by atoms with Gasteiger partial charge in [0.25, 0.3) is 5.91 Å². The van der Waals surface area contributed by atoms with Crippen LogP contribution in [0.3, 0.4) is 0 Å². The maximum absolute atomic E-state index is 12.2. The molecular formula is C85H133Cl2N17O14. The van der Waals surface area contributed by atoms with Gasteiger partial charge < -0.3 is 81.2 Å². The van der Waals surface area contributed by atoms with Crippen LogP contribution in [0.4, 0.5) is 32.2 Å². The highest BCUT2D eigenvalue weighted by atomic mass is 35.5. The van der Waals surface area contributed by atoms with Crippen LogP contribution < -0.4 is 57.2 Å². The Bertz CT molecular complexity index is 3800. The maximum Gasteiger partial charge on any atom is 0.407 e. The summed E-state index contributed by atoms with van der Waals surface area (Å²) in [4.78, 5) is 110. The number of carboxylic acids is 1. The Kier molecular flexibility index (Phi) is 51.9.